The molecule has 3 N–H and O–H groups in total. The normalized spacial score (nSPS) is 21.3. The minimum Gasteiger partial charge on any atom is -0.323 e. The number of nitrogens with two attached hydrogens (primary N) is 1. The molecule has 0 aromatic carbocycles. The van der Waals surface area contributed by atoms with E-state index in [9.17, 15) is 8.42 Å². The van der Waals surface area contributed by atoms with Gasteiger partial charge in [-0.3, -0.25) is 10.8 Å². The number of nitrogen functional groups attached to an aromatic ring is 1. The van der Waals surface area contributed by atoms with Crippen molar-refractivity contribution >= 4 is 15.7 Å². The maximum atomic E-state index is 12.6. The zero-order valence-electron chi connectivity index (χ0n) is 11.0. The van der Waals surface area contributed by atoms with Crippen molar-refractivity contribution < 1.29 is 8.42 Å². The Labute approximate surface area is 114 Å². The smallest absolute Gasteiger partial charge is 0.246 e. The van der Waals surface area contributed by atoms with Crippen molar-refractivity contribution in [3.8, 4) is 0 Å². The van der Waals surface area contributed by atoms with E-state index in [0.29, 0.717) is 24.7 Å². The molecule has 7 heteroatoms. The first-order valence-electron chi connectivity index (χ1n) is 6.50. The Morgan fingerprint density at radius 2 is 2.37 bits per heavy atom. The second kappa shape index (κ2) is 5.85. The molecule has 0 spiro atoms. The summed E-state index contributed by atoms with van der Waals surface area (Å²) in [6.07, 6.45) is 5.86. The third-order valence-electron chi connectivity index (χ3n) is 3.62. The molecule has 6 nitrogen and oxygen atoms in total. The molecule has 0 bridgehead atoms. The van der Waals surface area contributed by atoms with Crippen LogP contribution in [0.5, 0.6) is 0 Å². The maximum Gasteiger partial charge on any atom is 0.246 e. The molecule has 2 rings (SSSR count). The quantitative estimate of drug-likeness (QED) is 0.640. The van der Waals surface area contributed by atoms with Crippen molar-refractivity contribution in [1.29, 1.82) is 0 Å². The molecule has 0 amide bonds. The van der Waals surface area contributed by atoms with Crippen LogP contribution in [0.15, 0.2) is 23.4 Å². The van der Waals surface area contributed by atoms with E-state index in [1.807, 2.05) is 0 Å². The summed E-state index contributed by atoms with van der Waals surface area (Å²) in [5, 5.41) is 0. The summed E-state index contributed by atoms with van der Waals surface area (Å²) in [4.78, 5) is 4.04. The highest BCUT2D eigenvalue weighted by atomic mass is 32.2. The van der Waals surface area contributed by atoms with Crippen LogP contribution < -0.4 is 11.3 Å². The summed E-state index contributed by atoms with van der Waals surface area (Å²) in [5.41, 5.74) is 2.80. The number of rotatable bonds is 4. The average molecular weight is 284 g/mol. The van der Waals surface area contributed by atoms with Crippen LogP contribution in [-0.4, -0.2) is 30.8 Å². The molecule has 106 valence electrons. The topological polar surface area (TPSA) is 88.3 Å². The van der Waals surface area contributed by atoms with E-state index in [1.165, 1.54) is 12.4 Å². The molecular weight excluding hydrogens is 264 g/mol. The van der Waals surface area contributed by atoms with Crippen molar-refractivity contribution in [1.82, 2.24) is 9.29 Å². The van der Waals surface area contributed by atoms with Gasteiger partial charge < -0.3 is 5.43 Å². The van der Waals surface area contributed by atoms with Gasteiger partial charge in [-0.2, -0.15) is 4.31 Å². The van der Waals surface area contributed by atoms with E-state index in [-0.39, 0.29) is 4.90 Å². The number of hydrazine groups is 1. The van der Waals surface area contributed by atoms with Crippen LogP contribution in [0, 0.1) is 5.92 Å². The number of anilines is 1. The number of nitrogens with zero attached hydrogens (tertiary/aromatic N) is 2. The number of nitrogens with one attached hydrogen (secondary N) is 1. The van der Waals surface area contributed by atoms with Crippen LogP contribution in [0.25, 0.3) is 0 Å². The van der Waals surface area contributed by atoms with Gasteiger partial charge in [0.15, 0.2) is 0 Å². The Bertz CT molecular complexity index is 532. The molecule has 2 heterocycles. The summed E-state index contributed by atoms with van der Waals surface area (Å²) in [6.45, 7) is 3.24. The maximum absolute atomic E-state index is 12.6. The number of aromatic nitrogens is 1. The molecule has 1 saturated heterocycles. The fraction of sp³-hybridized carbons (Fsp3) is 0.583. The van der Waals surface area contributed by atoms with Crippen molar-refractivity contribution in [3.63, 3.8) is 0 Å². The first kappa shape index (κ1) is 14.2. The summed E-state index contributed by atoms with van der Waals surface area (Å²) >= 11 is 0. The minimum absolute atomic E-state index is 0.147. The van der Waals surface area contributed by atoms with Crippen LogP contribution in [0.2, 0.25) is 0 Å². The lowest BCUT2D eigenvalue weighted by atomic mass is 9.97. The Morgan fingerprint density at radius 3 is 3.05 bits per heavy atom. The van der Waals surface area contributed by atoms with Gasteiger partial charge in [0, 0.05) is 25.5 Å². The lowest BCUT2D eigenvalue weighted by Crippen LogP contribution is -2.40. The molecule has 0 saturated carbocycles. The van der Waals surface area contributed by atoms with Crippen LogP contribution in [-0.2, 0) is 10.0 Å². The van der Waals surface area contributed by atoms with Gasteiger partial charge in [0.25, 0.3) is 0 Å². The standard InChI is InChI=1S/C12H20N4O2S/c1-2-10-4-3-7-16(9-10)19(17,18)12-8-14-6-5-11(12)15-13/h5-6,8,10H,2-4,7,9,13H2,1H3,(H,14,15). The molecule has 1 aliphatic heterocycles. The number of piperidine rings is 1. The van der Waals surface area contributed by atoms with Gasteiger partial charge in [0.05, 0.1) is 5.69 Å². The summed E-state index contributed by atoms with van der Waals surface area (Å²) in [5.74, 6) is 5.81. The second-order valence-corrected chi connectivity index (χ2v) is 6.70. The zero-order chi connectivity index (χ0) is 13.9. The SMILES string of the molecule is CCC1CCCN(S(=O)(=O)c2cnccc2NN)C1. The monoisotopic (exact) mass is 284 g/mol. The van der Waals surface area contributed by atoms with Crippen LogP contribution in [0.4, 0.5) is 5.69 Å². The molecule has 19 heavy (non-hydrogen) atoms. The van der Waals surface area contributed by atoms with E-state index in [4.69, 9.17) is 5.84 Å². The molecule has 1 aromatic rings. The highest BCUT2D eigenvalue weighted by Gasteiger charge is 2.31. The van der Waals surface area contributed by atoms with Gasteiger partial charge in [-0.05, 0) is 24.8 Å². The van der Waals surface area contributed by atoms with Gasteiger partial charge >= 0.3 is 0 Å². The fourth-order valence-electron chi connectivity index (χ4n) is 2.42. The Kier molecular flexibility index (Phi) is 4.38. The van der Waals surface area contributed by atoms with Gasteiger partial charge in [0.1, 0.15) is 4.90 Å². The highest BCUT2D eigenvalue weighted by Crippen LogP contribution is 2.28. The molecule has 1 fully saturated rings. The van der Waals surface area contributed by atoms with Crippen LogP contribution in [0.3, 0.4) is 0 Å². The van der Waals surface area contributed by atoms with Gasteiger partial charge in [0.2, 0.25) is 10.0 Å². The lowest BCUT2D eigenvalue weighted by Gasteiger charge is -2.31. The predicted molar refractivity (Wildman–Crippen MR) is 73.8 cm³/mol. The second-order valence-electron chi connectivity index (χ2n) is 4.80. The fourth-order valence-corrected chi connectivity index (χ4v) is 4.08. The summed E-state index contributed by atoms with van der Waals surface area (Å²) in [7, 11) is -3.52. The van der Waals surface area contributed by atoms with E-state index in [2.05, 4.69) is 17.3 Å². The van der Waals surface area contributed by atoms with Crippen molar-refractivity contribution in [2.75, 3.05) is 18.5 Å². The summed E-state index contributed by atoms with van der Waals surface area (Å²) < 4.78 is 26.8. The largest absolute Gasteiger partial charge is 0.323 e. The number of hydrogen-bond acceptors (Lipinski definition) is 5. The van der Waals surface area contributed by atoms with Gasteiger partial charge in [-0.25, -0.2) is 8.42 Å². The number of sulfonamides is 1. The lowest BCUT2D eigenvalue weighted by molar-refractivity contribution is 0.261. The molecule has 1 aromatic heterocycles. The van der Waals surface area contributed by atoms with Crippen molar-refractivity contribution in [2.24, 2.45) is 11.8 Å². The van der Waals surface area contributed by atoms with Crippen molar-refractivity contribution in [2.45, 2.75) is 31.1 Å². The average Bonchev–Trinajstić information content (AvgIpc) is 2.47. The van der Waals surface area contributed by atoms with Gasteiger partial charge in [-0.1, -0.05) is 13.3 Å². The summed E-state index contributed by atoms with van der Waals surface area (Å²) in [6, 6.07) is 1.56. The third kappa shape index (κ3) is 2.88. The molecule has 0 radical (unpaired) electrons. The molecule has 0 aliphatic carbocycles. The molecule has 1 aliphatic rings. The van der Waals surface area contributed by atoms with Crippen molar-refractivity contribution in [3.05, 3.63) is 18.5 Å². The van der Waals surface area contributed by atoms with Crippen LogP contribution in [0.1, 0.15) is 26.2 Å². The van der Waals surface area contributed by atoms with E-state index < -0.39 is 10.0 Å². The first-order chi connectivity index (χ1) is 9.09. The number of pyridine rings is 1. The van der Waals surface area contributed by atoms with E-state index in [1.54, 1.807) is 10.4 Å². The molecular formula is C12H20N4O2S. The minimum atomic E-state index is -3.52. The first-order valence-corrected chi connectivity index (χ1v) is 7.94. The van der Waals surface area contributed by atoms with Gasteiger partial charge in [-0.15, -0.1) is 0 Å². The van der Waals surface area contributed by atoms with E-state index in [0.717, 1.165) is 19.3 Å². The Morgan fingerprint density at radius 1 is 1.58 bits per heavy atom. The zero-order valence-corrected chi connectivity index (χ0v) is 11.9. The molecule has 1 unspecified atom stereocenters. The Hall–Kier alpha value is -1.18. The Balaban J connectivity index is 2.31. The predicted octanol–water partition coefficient (Wildman–Crippen LogP) is 1.18. The van der Waals surface area contributed by atoms with E-state index >= 15 is 0 Å². The van der Waals surface area contributed by atoms with Crippen LogP contribution >= 0.6 is 0 Å². The number of hydrogen-bond donors (Lipinski definition) is 2. The highest BCUT2D eigenvalue weighted by molar-refractivity contribution is 7.89. The molecule has 1 atom stereocenters. The third-order valence-corrected chi connectivity index (χ3v) is 5.51.